The number of aromatic nitrogens is 2. The molecule has 2 aromatic rings. The Morgan fingerprint density at radius 2 is 1.85 bits per heavy atom. The summed E-state index contributed by atoms with van der Waals surface area (Å²) in [5.74, 6) is 0.989. The van der Waals surface area contributed by atoms with Crippen LogP contribution in [-0.4, -0.2) is 40.8 Å². The van der Waals surface area contributed by atoms with E-state index in [9.17, 15) is 10.1 Å². The molecule has 0 aliphatic rings. The molecule has 0 amide bonds. The number of allylic oxidation sites excluding steroid dienone is 1. The van der Waals surface area contributed by atoms with Crippen molar-refractivity contribution in [3.8, 4) is 6.07 Å². The molecular formula is C26H35N3O4S. The molecule has 0 saturated heterocycles. The van der Waals surface area contributed by atoms with Crippen LogP contribution in [0.4, 0.5) is 4.79 Å². The third-order valence-corrected chi connectivity index (χ3v) is 5.95. The molecule has 7 nitrogen and oxygen atoms in total. The number of hydrogen-bond donors (Lipinski definition) is 0. The lowest BCUT2D eigenvalue weighted by Gasteiger charge is -2.21. The average Bonchev–Trinajstić information content (AvgIpc) is 3.07. The fraction of sp³-hybridized carbons (Fsp3) is 0.500. The molecule has 0 aliphatic carbocycles. The number of hydrogen-bond acceptors (Lipinski definition) is 7. The normalized spacial score (nSPS) is 13.0. The first-order valence-electron chi connectivity index (χ1n) is 11.3. The summed E-state index contributed by atoms with van der Waals surface area (Å²) in [7, 11) is 0. The van der Waals surface area contributed by atoms with Gasteiger partial charge in [-0.05, 0) is 43.6 Å². The van der Waals surface area contributed by atoms with E-state index in [1.54, 1.807) is 23.4 Å². The summed E-state index contributed by atoms with van der Waals surface area (Å²) < 4.78 is 18.3. The standard InChI is InChI=1S/C26H35N3O4S/c1-9-29-23(17(2)18(3)28-29)24(32-19(4)33-25(30)31-14-15-34-8)22(16-27)20-10-12-21(13-11-20)26(5,6)7/h10-13,19H,9,14-15H2,1-8H3/b24-22-. The number of carbonyl (C=O) groups excluding carboxylic acids is 1. The van der Waals surface area contributed by atoms with Crippen LogP contribution in [0.5, 0.6) is 0 Å². The smallest absolute Gasteiger partial charge is 0.451 e. The molecule has 0 bridgehead atoms. The first kappa shape index (κ1) is 27.3. The van der Waals surface area contributed by atoms with Crippen molar-refractivity contribution in [1.82, 2.24) is 9.78 Å². The molecule has 0 aliphatic heterocycles. The largest absolute Gasteiger partial charge is 0.511 e. The fourth-order valence-corrected chi connectivity index (χ4v) is 3.62. The molecule has 0 spiro atoms. The molecule has 184 valence electrons. The Hall–Kier alpha value is -2.92. The van der Waals surface area contributed by atoms with E-state index in [2.05, 4.69) is 31.9 Å². The van der Waals surface area contributed by atoms with Crippen molar-refractivity contribution in [2.75, 3.05) is 18.6 Å². The Balaban J connectivity index is 2.53. The van der Waals surface area contributed by atoms with Crippen LogP contribution in [0.2, 0.25) is 0 Å². The molecule has 1 aromatic heterocycles. The lowest BCUT2D eigenvalue weighted by Crippen LogP contribution is -2.21. The highest BCUT2D eigenvalue weighted by atomic mass is 32.2. The summed E-state index contributed by atoms with van der Waals surface area (Å²) >= 11 is 1.57. The summed E-state index contributed by atoms with van der Waals surface area (Å²) in [6.45, 7) is 14.7. The first-order chi connectivity index (χ1) is 16.0. The van der Waals surface area contributed by atoms with Crippen molar-refractivity contribution in [2.24, 2.45) is 0 Å². The van der Waals surface area contributed by atoms with Crippen LogP contribution in [0.25, 0.3) is 11.3 Å². The quantitative estimate of drug-likeness (QED) is 0.140. The van der Waals surface area contributed by atoms with Crippen LogP contribution in [-0.2, 0) is 26.2 Å². The van der Waals surface area contributed by atoms with E-state index in [1.807, 2.05) is 51.3 Å². The highest BCUT2D eigenvalue weighted by Crippen LogP contribution is 2.33. The molecule has 1 heterocycles. The van der Waals surface area contributed by atoms with Crippen molar-refractivity contribution >= 4 is 29.2 Å². The van der Waals surface area contributed by atoms with E-state index in [1.165, 1.54) is 0 Å². The number of carbonyl (C=O) groups is 1. The highest BCUT2D eigenvalue weighted by Gasteiger charge is 2.25. The number of ether oxygens (including phenoxy) is 3. The molecule has 1 unspecified atom stereocenters. The van der Waals surface area contributed by atoms with Gasteiger partial charge < -0.3 is 14.2 Å². The summed E-state index contributed by atoms with van der Waals surface area (Å²) in [5, 5.41) is 14.8. The van der Waals surface area contributed by atoms with Gasteiger partial charge in [0, 0.05) is 24.8 Å². The molecule has 0 N–H and O–H groups in total. The van der Waals surface area contributed by atoms with Gasteiger partial charge in [-0.1, -0.05) is 45.0 Å². The maximum atomic E-state index is 12.0. The molecule has 1 aromatic carbocycles. The zero-order valence-electron chi connectivity index (χ0n) is 21.4. The molecule has 34 heavy (non-hydrogen) atoms. The van der Waals surface area contributed by atoms with Crippen molar-refractivity contribution < 1.29 is 19.0 Å². The molecule has 1 atom stereocenters. The Labute approximate surface area is 207 Å². The Morgan fingerprint density at radius 1 is 1.21 bits per heavy atom. The Morgan fingerprint density at radius 3 is 2.38 bits per heavy atom. The minimum atomic E-state index is -0.978. The average molecular weight is 486 g/mol. The predicted molar refractivity (Wildman–Crippen MR) is 136 cm³/mol. The second-order valence-corrected chi connectivity index (χ2v) is 9.90. The molecule has 0 radical (unpaired) electrons. The van der Waals surface area contributed by atoms with Crippen molar-refractivity contribution in [3.05, 3.63) is 52.3 Å². The number of benzene rings is 1. The summed E-state index contributed by atoms with van der Waals surface area (Å²) in [5.41, 5.74) is 4.61. The van der Waals surface area contributed by atoms with Gasteiger partial charge in [-0.3, -0.25) is 4.68 Å². The van der Waals surface area contributed by atoms with Gasteiger partial charge >= 0.3 is 6.16 Å². The first-order valence-corrected chi connectivity index (χ1v) is 12.7. The summed E-state index contributed by atoms with van der Waals surface area (Å²) in [4.78, 5) is 12.0. The van der Waals surface area contributed by atoms with Crippen LogP contribution in [0.15, 0.2) is 24.3 Å². The van der Waals surface area contributed by atoms with Gasteiger partial charge in [-0.2, -0.15) is 22.1 Å². The minimum absolute atomic E-state index is 0.0120. The number of thioether (sulfide) groups is 1. The molecule has 0 saturated carbocycles. The fourth-order valence-electron chi connectivity index (χ4n) is 3.37. The van der Waals surface area contributed by atoms with Crippen LogP contribution >= 0.6 is 11.8 Å². The monoisotopic (exact) mass is 485 g/mol. The van der Waals surface area contributed by atoms with Crippen LogP contribution in [0.3, 0.4) is 0 Å². The van der Waals surface area contributed by atoms with Gasteiger partial charge in [0.1, 0.15) is 23.9 Å². The minimum Gasteiger partial charge on any atom is -0.451 e. The predicted octanol–water partition coefficient (Wildman–Crippen LogP) is 6.09. The molecule has 0 fully saturated rings. The highest BCUT2D eigenvalue weighted by molar-refractivity contribution is 7.98. The second kappa shape index (κ2) is 12.0. The van der Waals surface area contributed by atoms with Gasteiger partial charge in [-0.25, -0.2) is 4.79 Å². The van der Waals surface area contributed by atoms with E-state index in [4.69, 9.17) is 14.2 Å². The number of aryl methyl sites for hydroxylation is 2. The number of rotatable bonds is 9. The van der Waals surface area contributed by atoms with Crippen molar-refractivity contribution in [2.45, 2.75) is 66.7 Å². The molecule has 8 heteroatoms. The van der Waals surface area contributed by atoms with E-state index >= 15 is 0 Å². The number of nitrogens with zero attached hydrogens (tertiary/aromatic N) is 3. The van der Waals surface area contributed by atoms with E-state index in [-0.39, 0.29) is 12.0 Å². The molecular weight excluding hydrogens is 450 g/mol. The third kappa shape index (κ3) is 6.80. The summed E-state index contributed by atoms with van der Waals surface area (Å²) in [6, 6.07) is 10.2. The van der Waals surface area contributed by atoms with Gasteiger partial charge in [0.25, 0.3) is 0 Å². The van der Waals surface area contributed by atoms with Gasteiger partial charge in [0.2, 0.25) is 6.29 Å². The Bertz CT molecular complexity index is 1060. The SMILES string of the molecule is CCn1nc(C)c(C)c1/C(OC(C)OC(=O)OCCSC)=C(\C#N)c1ccc(C(C)(C)C)cc1. The second-order valence-electron chi connectivity index (χ2n) is 8.91. The maximum Gasteiger partial charge on any atom is 0.511 e. The Kier molecular flexibility index (Phi) is 9.63. The van der Waals surface area contributed by atoms with Gasteiger partial charge in [0.15, 0.2) is 5.76 Å². The van der Waals surface area contributed by atoms with E-state index in [0.29, 0.717) is 34.9 Å². The van der Waals surface area contributed by atoms with Gasteiger partial charge in [0.05, 0.1) is 5.69 Å². The lowest BCUT2D eigenvalue weighted by molar-refractivity contribution is -0.0658. The van der Waals surface area contributed by atoms with E-state index < -0.39 is 12.4 Å². The topological polar surface area (TPSA) is 86.4 Å². The lowest BCUT2D eigenvalue weighted by atomic mass is 9.86. The zero-order chi connectivity index (χ0) is 25.5. The van der Waals surface area contributed by atoms with Crippen LogP contribution < -0.4 is 0 Å². The maximum absolute atomic E-state index is 12.0. The van der Waals surface area contributed by atoms with Crippen molar-refractivity contribution in [3.63, 3.8) is 0 Å². The third-order valence-electron chi connectivity index (χ3n) is 5.37. The molecule has 2 rings (SSSR count). The van der Waals surface area contributed by atoms with Gasteiger partial charge in [-0.15, -0.1) is 0 Å². The number of nitriles is 1. The van der Waals surface area contributed by atoms with Crippen molar-refractivity contribution in [1.29, 1.82) is 5.26 Å². The summed E-state index contributed by atoms with van der Waals surface area (Å²) in [6.07, 6.45) is 0.135. The zero-order valence-corrected chi connectivity index (χ0v) is 22.2. The van der Waals surface area contributed by atoms with Crippen LogP contribution in [0, 0.1) is 25.2 Å². The van der Waals surface area contributed by atoms with E-state index in [0.717, 1.165) is 16.8 Å². The van der Waals surface area contributed by atoms with Crippen LogP contribution in [0.1, 0.15) is 62.7 Å².